The van der Waals surface area contributed by atoms with Gasteiger partial charge >= 0.3 is 0 Å². The fourth-order valence-corrected chi connectivity index (χ4v) is 3.77. The van der Waals surface area contributed by atoms with Crippen molar-refractivity contribution in [1.82, 2.24) is 10.2 Å². The van der Waals surface area contributed by atoms with Gasteiger partial charge in [-0.15, -0.1) is 0 Å². The fraction of sp³-hybridized carbons (Fsp3) is 0.333. The van der Waals surface area contributed by atoms with E-state index in [1.54, 1.807) is 0 Å². The molecule has 2 aromatic carbocycles. The van der Waals surface area contributed by atoms with Crippen molar-refractivity contribution in [3.05, 3.63) is 65.7 Å². The summed E-state index contributed by atoms with van der Waals surface area (Å²) < 4.78 is 0. The third-order valence-electron chi connectivity index (χ3n) is 5.13. The first kappa shape index (κ1) is 16.8. The normalized spacial score (nSPS) is 19.3. The average Bonchev–Trinajstić information content (AvgIpc) is 3.09. The van der Waals surface area contributed by atoms with Gasteiger partial charge in [0.25, 0.3) is 0 Å². The zero-order valence-corrected chi connectivity index (χ0v) is 14.6. The minimum absolute atomic E-state index is 0.0236. The van der Waals surface area contributed by atoms with Gasteiger partial charge < -0.3 is 15.3 Å². The highest BCUT2D eigenvalue weighted by atomic mass is 16.3. The first-order valence-electron chi connectivity index (χ1n) is 9.12. The average molecular weight is 349 g/mol. The molecule has 1 amide bonds. The second kappa shape index (κ2) is 7.30. The van der Waals surface area contributed by atoms with Gasteiger partial charge in [-0.2, -0.15) is 0 Å². The van der Waals surface area contributed by atoms with Crippen LogP contribution in [0, 0.1) is 0 Å². The van der Waals surface area contributed by atoms with E-state index in [0.29, 0.717) is 6.42 Å². The molecule has 1 saturated heterocycles. The lowest BCUT2D eigenvalue weighted by Crippen LogP contribution is -2.49. The maximum atomic E-state index is 12.9. The van der Waals surface area contributed by atoms with E-state index in [0.717, 1.165) is 42.0 Å². The third kappa shape index (κ3) is 3.35. The minimum Gasteiger partial charge on any atom is -0.394 e. The number of hydrogen-bond donors (Lipinski definition) is 2. The van der Waals surface area contributed by atoms with E-state index < -0.39 is 0 Å². The Morgan fingerprint density at radius 3 is 2.77 bits per heavy atom. The molecule has 134 valence electrons. The predicted molar refractivity (Wildman–Crippen MR) is 101 cm³/mol. The molecule has 1 fully saturated rings. The number of aliphatic imine (C=N–C) groups is 1. The van der Waals surface area contributed by atoms with Crippen molar-refractivity contribution >= 4 is 17.4 Å². The Morgan fingerprint density at radius 2 is 1.96 bits per heavy atom. The Bertz CT molecular complexity index is 819. The molecule has 4 rings (SSSR count). The number of rotatable bonds is 5. The summed E-state index contributed by atoms with van der Waals surface area (Å²) in [5.41, 5.74) is 3.27. The van der Waals surface area contributed by atoms with Crippen LogP contribution in [0.4, 0.5) is 5.69 Å². The largest absolute Gasteiger partial charge is 0.394 e. The van der Waals surface area contributed by atoms with Crippen LogP contribution < -0.4 is 5.32 Å². The molecule has 2 atom stereocenters. The molecule has 2 heterocycles. The number of amides is 1. The number of benzene rings is 2. The summed E-state index contributed by atoms with van der Waals surface area (Å²) in [7, 11) is 0. The summed E-state index contributed by atoms with van der Waals surface area (Å²) in [5.74, 6) is 0.969. The molecule has 5 nitrogen and oxygen atoms in total. The smallest absolute Gasteiger partial charge is 0.243 e. The molecule has 2 aliphatic heterocycles. The van der Waals surface area contributed by atoms with Crippen molar-refractivity contribution in [2.45, 2.75) is 37.9 Å². The van der Waals surface area contributed by atoms with E-state index in [1.165, 1.54) is 0 Å². The van der Waals surface area contributed by atoms with E-state index in [-0.39, 0.29) is 24.6 Å². The Kier molecular flexibility index (Phi) is 4.71. The summed E-state index contributed by atoms with van der Waals surface area (Å²) in [6.07, 6.45) is 2.20. The van der Waals surface area contributed by atoms with Crippen LogP contribution in [-0.2, 0) is 17.8 Å². The fourth-order valence-electron chi connectivity index (χ4n) is 3.77. The van der Waals surface area contributed by atoms with Gasteiger partial charge in [-0.3, -0.25) is 4.79 Å². The van der Waals surface area contributed by atoms with Crippen LogP contribution in [-0.4, -0.2) is 40.4 Å². The van der Waals surface area contributed by atoms with E-state index >= 15 is 0 Å². The molecule has 2 aliphatic rings. The second-order valence-corrected chi connectivity index (χ2v) is 6.92. The topological polar surface area (TPSA) is 64.9 Å². The van der Waals surface area contributed by atoms with Crippen LogP contribution in [0.25, 0.3) is 0 Å². The summed E-state index contributed by atoms with van der Waals surface area (Å²) in [4.78, 5) is 19.7. The van der Waals surface area contributed by atoms with E-state index in [9.17, 15) is 9.90 Å². The van der Waals surface area contributed by atoms with Crippen LogP contribution in [0.15, 0.2) is 59.6 Å². The summed E-state index contributed by atoms with van der Waals surface area (Å²) in [5, 5.41) is 12.7. The van der Waals surface area contributed by atoms with Crippen molar-refractivity contribution in [2.24, 2.45) is 4.99 Å². The van der Waals surface area contributed by atoms with E-state index in [2.05, 4.69) is 16.3 Å². The Labute approximate surface area is 153 Å². The molecule has 0 aliphatic carbocycles. The van der Waals surface area contributed by atoms with Gasteiger partial charge in [-0.25, -0.2) is 4.99 Å². The minimum atomic E-state index is -0.275. The molecule has 0 bridgehead atoms. The number of para-hydroxylation sites is 1. The zero-order chi connectivity index (χ0) is 17.9. The van der Waals surface area contributed by atoms with Crippen molar-refractivity contribution in [3.63, 3.8) is 0 Å². The van der Waals surface area contributed by atoms with Crippen molar-refractivity contribution in [1.29, 1.82) is 0 Å². The number of carbonyl (C=O) groups is 1. The molecule has 1 unspecified atom stereocenters. The zero-order valence-electron chi connectivity index (χ0n) is 14.6. The lowest BCUT2D eigenvalue weighted by molar-refractivity contribution is -0.125. The molecule has 0 aromatic heterocycles. The highest BCUT2D eigenvalue weighted by Crippen LogP contribution is 2.33. The number of amidine groups is 1. The number of aliphatic hydroxyl groups excluding tert-OH is 1. The standard InChI is InChI=1S/C21H23N3O2/c25-14-17(12-15-6-2-1-3-7-15)22-21(26)19-10-11-20-23-18-9-5-4-8-16(18)13-24(19)20/h1-9,17,19,25H,10-14H2,(H,22,26)/t17?,19-/m0/s1. The van der Waals surface area contributed by atoms with E-state index in [4.69, 9.17) is 4.99 Å². The van der Waals surface area contributed by atoms with Crippen molar-refractivity contribution in [3.8, 4) is 0 Å². The van der Waals surface area contributed by atoms with Gasteiger partial charge in [0.15, 0.2) is 0 Å². The lowest BCUT2D eigenvalue weighted by Gasteiger charge is -2.30. The van der Waals surface area contributed by atoms with Gasteiger partial charge in [-0.1, -0.05) is 48.5 Å². The highest BCUT2D eigenvalue weighted by molar-refractivity contribution is 5.95. The second-order valence-electron chi connectivity index (χ2n) is 6.92. The van der Waals surface area contributed by atoms with Crippen LogP contribution in [0.2, 0.25) is 0 Å². The molecule has 0 saturated carbocycles. The molecule has 2 N–H and O–H groups in total. The molecular formula is C21H23N3O2. The Morgan fingerprint density at radius 1 is 1.19 bits per heavy atom. The van der Waals surface area contributed by atoms with Crippen LogP contribution in [0.3, 0.4) is 0 Å². The monoisotopic (exact) mass is 349 g/mol. The lowest BCUT2D eigenvalue weighted by atomic mass is 10.1. The SMILES string of the molecule is O=C(NC(CO)Cc1ccccc1)[C@@H]1CCC2=Nc3ccccc3CN21. The predicted octanol–water partition coefficient (Wildman–Crippen LogP) is 2.41. The van der Waals surface area contributed by atoms with Gasteiger partial charge in [-0.05, 0) is 30.0 Å². The number of aliphatic hydroxyl groups is 1. The van der Waals surface area contributed by atoms with Crippen molar-refractivity contribution < 1.29 is 9.90 Å². The maximum absolute atomic E-state index is 12.9. The summed E-state index contributed by atoms with van der Waals surface area (Å²) >= 11 is 0. The van der Waals surface area contributed by atoms with Crippen LogP contribution in [0.1, 0.15) is 24.0 Å². The molecule has 26 heavy (non-hydrogen) atoms. The Hall–Kier alpha value is -2.66. The number of hydrogen-bond acceptors (Lipinski definition) is 4. The number of nitrogens with zero attached hydrogens (tertiary/aromatic N) is 2. The van der Waals surface area contributed by atoms with Crippen LogP contribution >= 0.6 is 0 Å². The van der Waals surface area contributed by atoms with E-state index in [1.807, 2.05) is 48.5 Å². The van der Waals surface area contributed by atoms with Gasteiger partial charge in [0.05, 0.1) is 18.3 Å². The number of fused-ring (bicyclic) bond motifs is 2. The Balaban J connectivity index is 1.44. The molecular weight excluding hydrogens is 326 g/mol. The summed E-state index contributed by atoms with van der Waals surface area (Å²) in [6.45, 7) is 0.646. The quantitative estimate of drug-likeness (QED) is 0.871. The molecule has 0 spiro atoms. The first-order valence-corrected chi connectivity index (χ1v) is 9.12. The number of nitrogens with one attached hydrogen (secondary N) is 1. The van der Waals surface area contributed by atoms with Gasteiger partial charge in [0.1, 0.15) is 11.9 Å². The van der Waals surface area contributed by atoms with Gasteiger partial charge in [0.2, 0.25) is 5.91 Å². The highest BCUT2D eigenvalue weighted by Gasteiger charge is 2.37. The van der Waals surface area contributed by atoms with Crippen molar-refractivity contribution in [2.75, 3.05) is 6.61 Å². The first-order chi connectivity index (χ1) is 12.7. The van der Waals surface area contributed by atoms with Crippen LogP contribution in [0.5, 0.6) is 0 Å². The number of carbonyl (C=O) groups excluding carboxylic acids is 1. The third-order valence-corrected chi connectivity index (χ3v) is 5.13. The molecule has 0 radical (unpaired) electrons. The molecule has 5 heteroatoms. The summed E-state index contributed by atoms with van der Waals surface area (Å²) in [6, 6.07) is 17.5. The maximum Gasteiger partial charge on any atom is 0.243 e. The van der Waals surface area contributed by atoms with Gasteiger partial charge in [0, 0.05) is 13.0 Å². The molecule has 2 aromatic rings.